The van der Waals surface area contributed by atoms with Gasteiger partial charge in [-0.1, -0.05) is 13.8 Å². The van der Waals surface area contributed by atoms with E-state index in [0.29, 0.717) is 0 Å². The fourth-order valence-corrected chi connectivity index (χ4v) is 0.963. The second kappa shape index (κ2) is 4.37. The molecule has 1 heterocycles. The Bertz CT molecular complexity index is 138. The van der Waals surface area contributed by atoms with Gasteiger partial charge in [0.05, 0.1) is 12.1 Å². The third-order valence-corrected chi connectivity index (χ3v) is 1.48. The van der Waals surface area contributed by atoms with Gasteiger partial charge in [-0.05, 0) is 13.8 Å². The lowest BCUT2D eigenvalue weighted by atomic mass is 10.0. The molecule has 0 radical (unpaired) electrons. The highest BCUT2D eigenvalue weighted by molar-refractivity contribution is 5.74. The molecule has 0 aromatic rings. The van der Waals surface area contributed by atoms with Crippen LogP contribution in [0.3, 0.4) is 0 Å². The second-order valence-electron chi connectivity index (χ2n) is 3.04. The zero-order chi connectivity index (χ0) is 8.91. The average Bonchev–Trinajstić information content (AvgIpc) is 1.89. The largest absolute Gasteiger partial charge is 0.481 e. The van der Waals surface area contributed by atoms with Gasteiger partial charge in [0, 0.05) is 13.3 Å². The van der Waals surface area contributed by atoms with E-state index < -0.39 is 0 Å². The van der Waals surface area contributed by atoms with Gasteiger partial charge in [-0.3, -0.25) is 0 Å². The van der Waals surface area contributed by atoms with Crippen molar-refractivity contribution in [3.05, 3.63) is 0 Å². The smallest absolute Gasteiger partial charge is 0.180 e. The normalized spacial score (nSPS) is 20.6. The van der Waals surface area contributed by atoms with Crippen molar-refractivity contribution in [2.45, 2.75) is 46.6 Å². The van der Waals surface area contributed by atoms with E-state index in [1.165, 1.54) is 0 Å². The van der Waals surface area contributed by atoms with Crippen LogP contribution >= 0.6 is 0 Å². The number of hydrogen-bond donors (Lipinski definition) is 0. The Morgan fingerprint density at radius 1 is 1.36 bits per heavy atom. The molecule has 2 nitrogen and oxygen atoms in total. The molecule has 0 unspecified atom stereocenters. The molecule has 2 heteroatoms. The van der Waals surface area contributed by atoms with Gasteiger partial charge in [0.1, 0.15) is 0 Å². The van der Waals surface area contributed by atoms with E-state index in [0.717, 1.165) is 18.9 Å². The molecule has 11 heavy (non-hydrogen) atoms. The highest BCUT2D eigenvalue weighted by Crippen LogP contribution is 2.18. The van der Waals surface area contributed by atoms with Crippen LogP contribution < -0.4 is 0 Å². The Balaban J connectivity index is 0.000000461. The summed E-state index contributed by atoms with van der Waals surface area (Å²) in [6.45, 7) is 11.0. The Morgan fingerprint density at radius 2 is 1.91 bits per heavy atom. The van der Waals surface area contributed by atoms with E-state index >= 15 is 0 Å². The molecule has 0 aliphatic carbocycles. The molecule has 1 rings (SSSR count). The molecule has 0 fully saturated rings. The maximum absolute atomic E-state index is 5.16. The van der Waals surface area contributed by atoms with Crippen molar-refractivity contribution in [3.8, 4) is 0 Å². The number of nitrogens with zero attached hydrogens (tertiary/aromatic N) is 1. The zero-order valence-corrected chi connectivity index (χ0v) is 8.27. The SMILES string of the molecule is CC.CC1=NC(C)(C)CCO1. The number of ether oxygens (including phenoxy) is 1. The number of aliphatic imine (C=N–C) groups is 1. The molecule has 0 aromatic heterocycles. The maximum Gasteiger partial charge on any atom is 0.180 e. The maximum atomic E-state index is 5.16. The monoisotopic (exact) mass is 157 g/mol. The van der Waals surface area contributed by atoms with Gasteiger partial charge < -0.3 is 4.74 Å². The summed E-state index contributed by atoms with van der Waals surface area (Å²) < 4.78 is 5.16. The average molecular weight is 157 g/mol. The third kappa shape index (κ3) is 4.02. The van der Waals surface area contributed by atoms with E-state index in [1.54, 1.807) is 0 Å². The highest BCUT2D eigenvalue weighted by Gasteiger charge is 2.20. The first-order valence-electron chi connectivity index (χ1n) is 4.29. The van der Waals surface area contributed by atoms with Crippen molar-refractivity contribution in [3.63, 3.8) is 0 Å². The van der Waals surface area contributed by atoms with Crippen molar-refractivity contribution in [1.82, 2.24) is 0 Å². The molecule has 0 atom stereocenters. The number of hydrogen-bond acceptors (Lipinski definition) is 2. The quantitative estimate of drug-likeness (QED) is 0.529. The van der Waals surface area contributed by atoms with Crippen LogP contribution in [0, 0.1) is 0 Å². The topological polar surface area (TPSA) is 21.6 Å². The second-order valence-corrected chi connectivity index (χ2v) is 3.04. The Labute approximate surface area is 69.7 Å². The van der Waals surface area contributed by atoms with E-state index in [1.807, 2.05) is 20.8 Å². The predicted octanol–water partition coefficient (Wildman–Crippen LogP) is 2.63. The summed E-state index contributed by atoms with van der Waals surface area (Å²) in [5.41, 5.74) is 0.113. The molecular formula is C9H19NO. The van der Waals surface area contributed by atoms with Crippen LogP contribution in [0.4, 0.5) is 0 Å². The minimum Gasteiger partial charge on any atom is -0.481 e. The van der Waals surface area contributed by atoms with Crippen LogP contribution in [0.15, 0.2) is 4.99 Å². The van der Waals surface area contributed by atoms with Gasteiger partial charge >= 0.3 is 0 Å². The summed E-state index contributed by atoms with van der Waals surface area (Å²) in [7, 11) is 0. The van der Waals surface area contributed by atoms with Gasteiger partial charge in [0.15, 0.2) is 5.90 Å². The lowest BCUT2D eigenvalue weighted by molar-refractivity contribution is 0.228. The first-order chi connectivity index (χ1) is 5.10. The summed E-state index contributed by atoms with van der Waals surface area (Å²) in [5.74, 6) is 0.825. The molecule has 0 N–H and O–H groups in total. The highest BCUT2D eigenvalue weighted by atomic mass is 16.5. The third-order valence-electron chi connectivity index (χ3n) is 1.48. The molecule has 1 aliphatic heterocycles. The van der Waals surface area contributed by atoms with Crippen molar-refractivity contribution in [2.24, 2.45) is 4.99 Å². The predicted molar refractivity (Wildman–Crippen MR) is 49.1 cm³/mol. The molecule has 0 spiro atoms. The van der Waals surface area contributed by atoms with Crippen molar-refractivity contribution >= 4 is 5.90 Å². The fraction of sp³-hybridized carbons (Fsp3) is 0.889. The Hall–Kier alpha value is -0.530. The molecular weight excluding hydrogens is 138 g/mol. The molecule has 66 valence electrons. The van der Waals surface area contributed by atoms with E-state index in [2.05, 4.69) is 18.8 Å². The molecule has 0 amide bonds. The van der Waals surface area contributed by atoms with E-state index in [9.17, 15) is 0 Å². The van der Waals surface area contributed by atoms with Gasteiger partial charge in [-0.15, -0.1) is 0 Å². The van der Waals surface area contributed by atoms with Crippen LogP contribution in [0.2, 0.25) is 0 Å². The van der Waals surface area contributed by atoms with Gasteiger partial charge in [0.25, 0.3) is 0 Å². The van der Waals surface area contributed by atoms with Crippen LogP contribution in [0.5, 0.6) is 0 Å². The van der Waals surface area contributed by atoms with E-state index in [4.69, 9.17) is 4.74 Å². The van der Waals surface area contributed by atoms with Crippen molar-refractivity contribution in [1.29, 1.82) is 0 Å². The van der Waals surface area contributed by atoms with Crippen LogP contribution in [-0.2, 0) is 4.74 Å². The molecule has 0 saturated heterocycles. The van der Waals surface area contributed by atoms with Crippen molar-refractivity contribution < 1.29 is 4.74 Å². The minimum absolute atomic E-state index is 0.113. The summed E-state index contributed by atoms with van der Waals surface area (Å²) in [6.07, 6.45) is 1.03. The first-order valence-corrected chi connectivity index (χ1v) is 4.29. The Kier molecular flexibility index (Phi) is 4.16. The molecule has 0 bridgehead atoms. The van der Waals surface area contributed by atoms with Crippen molar-refractivity contribution in [2.75, 3.05) is 6.61 Å². The van der Waals surface area contributed by atoms with Gasteiger partial charge in [-0.25, -0.2) is 4.99 Å². The summed E-state index contributed by atoms with van der Waals surface area (Å²) in [5, 5.41) is 0. The van der Waals surface area contributed by atoms with Crippen LogP contribution in [0.1, 0.15) is 41.0 Å². The van der Waals surface area contributed by atoms with Crippen LogP contribution in [0.25, 0.3) is 0 Å². The Morgan fingerprint density at radius 3 is 2.18 bits per heavy atom. The molecule has 0 saturated carbocycles. The lowest BCUT2D eigenvalue weighted by Crippen LogP contribution is -2.27. The molecule has 1 aliphatic rings. The summed E-state index contributed by atoms with van der Waals surface area (Å²) >= 11 is 0. The zero-order valence-electron chi connectivity index (χ0n) is 8.27. The molecule has 0 aromatic carbocycles. The first kappa shape index (κ1) is 10.5. The van der Waals surface area contributed by atoms with Crippen LogP contribution in [-0.4, -0.2) is 18.0 Å². The number of rotatable bonds is 0. The summed E-state index contributed by atoms with van der Waals surface area (Å²) in [6, 6.07) is 0. The summed E-state index contributed by atoms with van der Waals surface area (Å²) in [4.78, 5) is 4.31. The van der Waals surface area contributed by atoms with Gasteiger partial charge in [-0.2, -0.15) is 0 Å². The standard InChI is InChI=1S/C7H13NO.C2H6/c1-6-8-7(2,3)4-5-9-6;1-2/h4-5H2,1-3H3;1-2H3. The van der Waals surface area contributed by atoms with Gasteiger partial charge in [0.2, 0.25) is 0 Å². The minimum atomic E-state index is 0.113. The fourth-order valence-electron chi connectivity index (χ4n) is 0.963. The van der Waals surface area contributed by atoms with E-state index in [-0.39, 0.29) is 5.54 Å². The lowest BCUT2D eigenvalue weighted by Gasteiger charge is -2.25.